The molecule has 1 fully saturated rings. The number of carbonyl (C=O) groups is 1. The van der Waals surface area contributed by atoms with E-state index < -0.39 is 15.9 Å². The number of aryl methyl sites for hydroxylation is 1. The maximum absolute atomic E-state index is 12.7. The van der Waals surface area contributed by atoms with Crippen molar-refractivity contribution in [1.82, 2.24) is 19.3 Å². The van der Waals surface area contributed by atoms with E-state index in [4.69, 9.17) is 4.74 Å². The van der Waals surface area contributed by atoms with Crippen molar-refractivity contribution in [2.75, 3.05) is 19.7 Å². The lowest BCUT2D eigenvalue weighted by atomic mass is 10.0. The smallest absolute Gasteiger partial charge is 0.310 e. The molecule has 1 unspecified atom stereocenters. The first-order valence-electron chi connectivity index (χ1n) is 6.60. The molecular formula is C11H17BrN4O4S. The van der Waals surface area contributed by atoms with Crippen molar-refractivity contribution >= 4 is 31.9 Å². The van der Waals surface area contributed by atoms with Gasteiger partial charge in [-0.15, -0.1) is 5.10 Å². The molecule has 8 nitrogen and oxygen atoms in total. The first-order chi connectivity index (χ1) is 9.87. The molecule has 2 rings (SSSR count). The van der Waals surface area contributed by atoms with Crippen LogP contribution in [0.25, 0.3) is 0 Å². The largest absolute Gasteiger partial charge is 0.466 e. The van der Waals surface area contributed by atoms with Crippen LogP contribution < -0.4 is 0 Å². The molecule has 10 heteroatoms. The average Bonchev–Trinajstić information content (AvgIpc) is 2.79. The van der Waals surface area contributed by atoms with E-state index in [0.29, 0.717) is 26.0 Å². The second-order valence-electron chi connectivity index (χ2n) is 4.76. The van der Waals surface area contributed by atoms with Crippen LogP contribution in [0.3, 0.4) is 0 Å². The van der Waals surface area contributed by atoms with Gasteiger partial charge in [0.2, 0.25) is 5.03 Å². The van der Waals surface area contributed by atoms with Crippen LogP contribution in [0.2, 0.25) is 0 Å². The minimum Gasteiger partial charge on any atom is -0.466 e. The number of esters is 1. The zero-order valence-corrected chi connectivity index (χ0v) is 14.2. The zero-order valence-electron chi connectivity index (χ0n) is 11.8. The highest BCUT2D eigenvalue weighted by Gasteiger charge is 2.37. The summed E-state index contributed by atoms with van der Waals surface area (Å²) in [6.07, 6.45) is 1.25. The minimum atomic E-state index is -3.74. The van der Waals surface area contributed by atoms with Crippen molar-refractivity contribution < 1.29 is 17.9 Å². The molecule has 0 amide bonds. The summed E-state index contributed by atoms with van der Waals surface area (Å²) in [4.78, 5) is 11.8. The quantitative estimate of drug-likeness (QED) is 0.707. The maximum atomic E-state index is 12.7. The summed E-state index contributed by atoms with van der Waals surface area (Å²) >= 11 is 3.10. The normalized spacial score (nSPS) is 20.4. The van der Waals surface area contributed by atoms with E-state index in [1.54, 1.807) is 6.92 Å². The fraction of sp³-hybridized carbons (Fsp3) is 0.727. The molecule has 21 heavy (non-hydrogen) atoms. The molecule has 1 atom stereocenters. The minimum absolute atomic E-state index is 0.00740. The van der Waals surface area contributed by atoms with E-state index in [0.717, 1.165) is 0 Å². The number of carbonyl (C=O) groups excluding carboxylic acids is 1. The van der Waals surface area contributed by atoms with E-state index in [1.165, 1.54) is 16.0 Å². The Hall–Kier alpha value is -1.00. The molecule has 0 aliphatic carbocycles. The lowest BCUT2D eigenvalue weighted by Crippen LogP contribution is -2.43. The van der Waals surface area contributed by atoms with Gasteiger partial charge in [-0.1, -0.05) is 5.21 Å². The van der Waals surface area contributed by atoms with E-state index in [-0.39, 0.29) is 22.1 Å². The van der Waals surface area contributed by atoms with Crippen molar-refractivity contribution in [3.63, 3.8) is 0 Å². The number of piperidine rings is 1. The number of aromatic nitrogens is 3. The number of sulfonamides is 1. The lowest BCUT2D eigenvalue weighted by molar-refractivity contribution is -0.149. The summed E-state index contributed by atoms with van der Waals surface area (Å²) in [5, 5.41) is 7.37. The van der Waals surface area contributed by atoms with E-state index >= 15 is 0 Å². The Kier molecular flexibility index (Phi) is 4.99. The molecule has 1 aromatic rings. The Labute approximate surface area is 131 Å². The van der Waals surface area contributed by atoms with Gasteiger partial charge < -0.3 is 4.74 Å². The van der Waals surface area contributed by atoms with Crippen LogP contribution in [0, 0.1) is 5.92 Å². The van der Waals surface area contributed by atoms with E-state index in [1.807, 2.05) is 0 Å². The van der Waals surface area contributed by atoms with Crippen LogP contribution in [0.15, 0.2) is 9.63 Å². The average molecular weight is 381 g/mol. The van der Waals surface area contributed by atoms with Gasteiger partial charge in [-0.3, -0.25) is 4.79 Å². The first kappa shape index (κ1) is 16.4. The molecule has 0 saturated carbocycles. The lowest BCUT2D eigenvalue weighted by Gasteiger charge is -2.30. The van der Waals surface area contributed by atoms with Gasteiger partial charge in [0, 0.05) is 20.1 Å². The third-order valence-corrected chi connectivity index (χ3v) is 6.08. The molecule has 0 bridgehead atoms. The fourth-order valence-electron chi connectivity index (χ4n) is 2.33. The molecule has 1 aliphatic heterocycles. The Morgan fingerprint density at radius 3 is 2.81 bits per heavy atom. The molecule has 0 aromatic carbocycles. The summed E-state index contributed by atoms with van der Waals surface area (Å²) in [6.45, 7) is 2.52. The molecular weight excluding hydrogens is 364 g/mol. The highest BCUT2D eigenvalue weighted by molar-refractivity contribution is 9.10. The van der Waals surface area contributed by atoms with Crippen LogP contribution in [-0.4, -0.2) is 53.4 Å². The van der Waals surface area contributed by atoms with E-state index in [2.05, 4.69) is 26.2 Å². The van der Waals surface area contributed by atoms with Gasteiger partial charge in [0.25, 0.3) is 10.0 Å². The number of ether oxygens (including phenoxy) is 1. The first-order valence-corrected chi connectivity index (χ1v) is 8.83. The van der Waals surface area contributed by atoms with Crippen molar-refractivity contribution in [3.05, 3.63) is 4.60 Å². The van der Waals surface area contributed by atoms with Gasteiger partial charge in [-0.05, 0) is 35.7 Å². The Morgan fingerprint density at radius 1 is 1.52 bits per heavy atom. The second-order valence-corrected chi connectivity index (χ2v) is 7.37. The highest BCUT2D eigenvalue weighted by atomic mass is 79.9. The second kappa shape index (κ2) is 6.41. The highest BCUT2D eigenvalue weighted by Crippen LogP contribution is 2.27. The van der Waals surface area contributed by atoms with Crippen LogP contribution >= 0.6 is 15.9 Å². The fourth-order valence-corrected chi connectivity index (χ4v) is 4.89. The number of hydrogen-bond acceptors (Lipinski definition) is 6. The molecule has 0 spiro atoms. The summed E-state index contributed by atoms with van der Waals surface area (Å²) < 4.78 is 33.0. The third-order valence-electron chi connectivity index (χ3n) is 3.33. The van der Waals surface area contributed by atoms with Crippen LogP contribution in [0.5, 0.6) is 0 Å². The molecule has 118 valence electrons. The standard InChI is InChI=1S/C11H17BrN4O4S/c1-3-20-11(17)8-5-4-6-16(7-8)21(18,19)10-9(12)13-14-15(10)2/h8H,3-7H2,1-2H3. The predicted octanol–water partition coefficient (Wildman–Crippen LogP) is 0.541. The van der Waals surface area contributed by atoms with Crippen molar-refractivity contribution in [3.8, 4) is 0 Å². The molecule has 2 heterocycles. The molecule has 1 aliphatic rings. The number of halogens is 1. The monoisotopic (exact) mass is 380 g/mol. The Balaban J connectivity index is 2.23. The van der Waals surface area contributed by atoms with Crippen molar-refractivity contribution in [2.45, 2.75) is 24.8 Å². The van der Waals surface area contributed by atoms with Gasteiger partial charge >= 0.3 is 5.97 Å². The zero-order chi connectivity index (χ0) is 15.6. The van der Waals surface area contributed by atoms with Crippen molar-refractivity contribution in [1.29, 1.82) is 0 Å². The van der Waals surface area contributed by atoms with Crippen LogP contribution in [-0.2, 0) is 26.6 Å². The number of hydrogen-bond donors (Lipinski definition) is 0. The van der Waals surface area contributed by atoms with Gasteiger partial charge in [-0.2, -0.15) is 4.31 Å². The summed E-state index contributed by atoms with van der Waals surface area (Å²) in [5.74, 6) is -0.770. The van der Waals surface area contributed by atoms with Gasteiger partial charge in [0.05, 0.1) is 12.5 Å². The SMILES string of the molecule is CCOC(=O)C1CCCN(S(=O)(=O)c2c(Br)nnn2C)C1. The summed E-state index contributed by atoms with van der Waals surface area (Å²) in [7, 11) is -2.23. The maximum Gasteiger partial charge on any atom is 0.310 e. The summed E-state index contributed by atoms with van der Waals surface area (Å²) in [6, 6.07) is 0. The van der Waals surface area contributed by atoms with Crippen LogP contribution in [0.4, 0.5) is 0 Å². The molecule has 1 aromatic heterocycles. The van der Waals surface area contributed by atoms with Crippen molar-refractivity contribution in [2.24, 2.45) is 13.0 Å². The number of nitrogens with zero attached hydrogens (tertiary/aromatic N) is 4. The Morgan fingerprint density at radius 2 is 2.24 bits per heavy atom. The molecule has 0 N–H and O–H groups in total. The molecule has 0 radical (unpaired) electrons. The molecule has 1 saturated heterocycles. The predicted molar refractivity (Wildman–Crippen MR) is 76.8 cm³/mol. The number of rotatable bonds is 4. The topological polar surface area (TPSA) is 94.4 Å². The third kappa shape index (κ3) is 3.27. The van der Waals surface area contributed by atoms with Gasteiger partial charge in [0.15, 0.2) is 4.60 Å². The van der Waals surface area contributed by atoms with E-state index in [9.17, 15) is 13.2 Å². The van der Waals surface area contributed by atoms with Gasteiger partial charge in [0.1, 0.15) is 0 Å². The Bertz CT molecular complexity index is 611. The van der Waals surface area contributed by atoms with Crippen LogP contribution in [0.1, 0.15) is 19.8 Å². The van der Waals surface area contributed by atoms with Gasteiger partial charge in [-0.25, -0.2) is 13.1 Å². The summed E-state index contributed by atoms with van der Waals surface area (Å²) in [5.41, 5.74) is 0.